The lowest BCUT2D eigenvalue weighted by Crippen LogP contribution is -2.48. The van der Waals surface area contributed by atoms with Gasteiger partial charge in [-0.3, -0.25) is 19.3 Å². The van der Waals surface area contributed by atoms with Gasteiger partial charge in [0.2, 0.25) is 5.91 Å². The summed E-state index contributed by atoms with van der Waals surface area (Å²) in [7, 11) is 0. The predicted molar refractivity (Wildman–Crippen MR) is 89.7 cm³/mol. The van der Waals surface area contributed by atoms with Gasteiger partial charge in [0.05, 0.1) is 11.1 Å². The minimum atomic E-state index is -0.828. The van der Waals surface area contributed by atoms with Gasteiger partial charge in [-0.25, -0.2) is 0 Å². The number of carbonyl (C=O) groups excluding carboxylic acids is 3. The van der Waals surface area contributed by atoms with E-state index in [1.165, 1.54) is 0 Å². The molecule has 1 unspecified atom stereocenters. The molecule has 0 saturated carbocycles. The molecule has 0 fully saturated rings. The fourth-order valence-electron chi connectivity index (χ4n) is 2.47. The van der Waals surface area contributed by atoms with Crippen LogP contribution in [0.3, 0.4) is 0 Å². The molecule has 2 rings (SSSR count). The number of nitrogens with one attached hydrogen (secondary N) is 1. The maximum atomic E-state index is 12.4. The van der Waals surface area contributed by atoms with Crippen LogP contribution in [0.25, 0.3) is 0 Å². The number of rotatable bonds is 6. The Morgan fingerprint density at radius 1 is 1.22 bits per heavy atom. The maximum absolute atomic E-state index is 12.4. The van der Waals surface area contributed by atoms with Crippen LogP contribution >= 0.6 is 12.4 Å². The number of amides is 3. The van der Waals surface area contributed by atoms with Crippen molar-refractivity contribution in [3.8, 4) is 0 Å². The molecular formula is C16H22ClN3O3. The van der Waals surface area contributed by atoms with E-state index < -0.39 is 17.9 Å². The quantitative estimate of drug-likeness (QED) is 0.602. The van der Waals surface area contributed by atoms with E-state index in [0.29, 0.717) is 24.2 Å². The molecule has 1 aliphatic rings. The number of hydrogen-bond donors (Lipinski definition) is 2. The van der Waals surface area contributed by atoms with Crippen molar-refractivity contribution >= 4 is 30.1 Å². The minimum Gasteiger partial charge on any atom is -0.354 e. The van der Waals surface area contributed by atoms with E-state index >= 15 is 0 Å². The molecule has 3 amide bonds. The molecule has 1 atom stereocenters. The Labute approximate surface area is 141 Å². The lowest BCUT2D eigenvalue weighted by atomic mass is 10.1. The molecule has 0 spiro atoms. The van der Waals surface area contributed by atoms with Gasteiger partial charge in [0.25, 0.3) is 11.8 Å². The third-order valence-corrected chi connectivity index (χ3v) is 3.77. The number of carbonyl (C=O) groups is 3. The number of halogens is 1. The van der Waals surface area contributed by atoms with Gasteiger partial charge in [-0.2, -0.15) is 0 Å². The van der Waals surface area contributed by atoms with Gasteiger partial charge in [-0.15, -0.1) is 12.4 Å². The molecule has 3 N–H and O–H groups in total. The van der Waals surface area contributed by atoms with E-state index in [0.717, 1.165) is 23.3 Å². The van der Waals surface area contributed by atoms with E-state index in [1.807, 2.05) is 6.92 Å². The van der Waals surface area contributed by atoms with Crippen LogP contribution < -0.4 is 11.1 Å². The molecule has 1 heterocycles. The van der Waals surface area contributed by atoms with Crippen LogP contribution in [0.2, 0.25) is 0 Å². The molecule has 7 heteroatoms. The molecule has 1 aromatic carbocycles. The molecule has 0 saturated heterocycles. The number of hydrogen-bond acceptors (Lipinski definition) is 4. The SMILES string of the molecule is Cc1ccc2c(c1)C(=O)N(C(C)C(=O)NCCCCN)C2=O.Cl. The second-order valence-electron chi connectivity index (χ2n) is 5.49. The molecule has 23 heavy (non-hydrogen) atoms. The highest BCUT2D eigenvalue weighted by Gasteiger charge is 2.40. The lowest BCUT2D eigenvalue weighted by Gasteiger charge is -2.21. The van der Waals surface area contributed by atoms with E-state index in [-0.39, 0.29) is 18.3 Å². The van der Waals surface area contributed by atoms with Gasteiger partial charge in [-0.05, 0) is 45.4 Å². The Hall–Kier alpha value is -1.92. The van der Waals surface area contributed by atoms with Crippen molar-refractivity contribution < 1.29 is 14.4 Å². The first kappa shape index (κ1) is 19.1. The summed E-state index contributed by atoms with van der Waals surface area (Å²) >= 11 is 0. The van der Waals surface area contributed by atoms with E-state index in [4.69, 9.17) is 5.73 Å². The zero-order valence-electron chi connectivity index (χ0n) is 13.3. The van der Waals surface area contributed by atoms with Crippen molar-refractivity contribution in [3.63, 3.8) is 0 Å². The molecule has 0 aromatic heterocycles. The summed E-state index contributed by atoms with van der Waals surface area (Å²) in [5.41, 5.74) is 7.02. The van der Waals surface area contributed by atoms with Crippen molar-refractivity contribution in [3.05, 3.63) is 34.9 Å². The number of fused-ring (bicyclic) bond motifs is 1. The van der Waals surface area contributed by atoms with Crippen LogP contribution in [0.15, 0.2) is 18.2 Å². The Kier molecular flexibility index (Phi) is 6.72. The van der Waals surface area contributed by atoms with Crippen molar-refractivity contribution in [2.75, 3.05) is 13.1 Å². The highest BCUT2D eigenvalue weighted by Crippen LogP contribution is 2.25. The summed E-state index contributed by atoms with van der Waals surface area (Å²) in [6.07, 6.45) is 1.59. The summed E-state index contributed by atoms with van der Waals surface area (Å²) < 4.78 is 0. The van der Waals surface area contributed by atoms with Gasteiger partial charge in [0.1, 0.15) is 6.04 Å². The molecular weight excluding hydrogens is 318 g/mol. The lowest BCUT2D eigenvalue weighted by molar-refractivity contribution is -0.124. The molecule has 1 aromatic rings. The first-order valence-corrected chi connectivity index (χ1v) is 7.43. The number of nitrogens with zero attached hydrogens (tertiary/aromatic N) is 1. The van der Waals surface area contributed by atoms with E-state index in [9.17, 15) is 14.4 Å². The molecule has 0 bridgehead atoms. The van der Waals surface area contributed by atoms with Crippen LogP contribution in [-0.4, -0.2) is 41.8 Å². The van der Waals surface area contributed by atoms with Gasteiger partial charge in [-0.1, -0.05) is 11.6 Å². The average molecular weight is 340 g/mol. The number of unbranched alkanes of at least 4 members (excludes halogenated alkanes) is 1. The van der Waals surface area contributed by atoms with Crippen LogP contribution in [0, 0.1) is 6.92 Å². The molecule has 0 radical (unpaired) electrons. The van der Waals surface area contributed by atoms with Crippen molar-refractivity contribution in [1.82, 2.24) is 10.2 Å². The zero-order chi connectivity index (χ0) is 16.3. The maximum Gasteiger partial charge on any atom is 0.262 e. The number of imide groups is 1. The summed E-state index contributed by atoms with van der Waals surface area (Å²) in [5.74, 6) is -1.15. The van der Waals surface area contributed by atoms with E-state index in [1.54, 1.807) is 25.1 Å². The normalized spacial score (nSPS) is 14.3. The highest BCUT2D eigenvalue weighted by atomic mass is 35.5. The van der Waals surface area contributed by atoms with Crippen LogP contribution in [0.5, 0.6) is 0 Å². The molecule has 0 aliphatic carbocycles. The summed E-state index contributed by atoms with van der Waals surface area (Å²) in [6, 6.07) is 4.27. The fraction of sp³-hybridized carbons (Fsp3) is 0.438. The average Bonchev–Trinajstić information content (AvgIpc) is 2.74. The van der Waals surface area contributed by atoms with E-state index in [2.05, 4.69) is 5.32 Å². The monoisotopic (exact) mass is 339 g/mol. The highest BCUT2D eigenvalue weighted by molar-refractivity contribution is 6.22. The van der Waals surface area contributed by atoms with Gasteiger partial charge in [0.15, 0.2) is 0 Å². The standard InChI is InChI=1S/C16H21N3O3.ClH/c1-10-5-6-12-13(9-10)16(22)19(15(12)21)11(2)14(20)18-8-4-3-7-17;/h5-6,9,11H,3-4,7-8,17H2,1-2H3,(H,18,20);1H. The largest absolute Gasteiger partial charge is 0.354 e. The smallest absolute Gasteiger partial charge is 0.262 e. The predicted octanol–water partition coefficient (Wildman–Crippen LogP) is 1.26. The van der Waals surface area contributed by atoms with Gasteiger partial charge < -0.3 is 11.1 Å². The topological polar surface area (TPSA) is 92.5 Å². The van der Waals surface area contributed by atoms with Crippen LogP contribution in [0.1, 0.15) is 46.0 Å². The Morgan fingerprint density at radius 2 is 1.87 bits per heavy atom. The Morgan fingerprint density at radius 3 is 2.52 bits per heavy atom. The van der Waals surface area contributed by atoms with Crippen molar-refractivity contribution in [2.24, 2.45) is 5.73 Å². The number of nitrogens with two attached hydrogens (primary N) is 1. The Balaban J connectivity index is 0.00000264. The molecule has 1 aliphatic heterocycles. The van der Waals surface area contributed by atoms with Gasteiger partial charge >= 0.3 is 0 Å². The molecule has 126 valence electrons. The summed E-state index contributed by atoms with van der Waals surface area (Å²) in [4.78, 5) is 37.9. The van der Waals surface area contributed by atoms with Crippen molar-refractivity contribution in [1.29, 1.82) is 0 Å². The third kappa shape index (κ3) is 3.89. The summed E-state index contributed by atoms with van der Waals surface area (Å²) in [6.45, 7) is 4.48. The van der Waals surface area contributed by atoms with Crippen LogP contribution in [-0.2, 0) is 4.79 Å². The van der Waals surface area contributed by atoms with Crippen LogP contribution in [0.4, 0.5) is 0 Å². The fourth-order valence-corrected chi connectivity index (χ4v) is 2.47. The summed E-state index contributed by atoms with van der Waals surface area (Å²) in [5, 5.41) is 2.73. The zero-order valence-corrected chi connectivity index (χ0v) is 14.1. The van der Waals surface area contributed by atoms with Gasteiger partial charge in [0, 0.05) is 6.54 Å². The second kappa shape index (κ2) is 8.08. The first-order valence-electron chi connectivity index (χ1n) is 7.43. The first-order chi connectivity index (χ1) is 10.5. The molecule has 6 nitrogen and oxygen atoms in total. The second-order valence-corrected chi connectivity index (χ2v) is 5.49. The number of benzene rings is 1. The third-order valence-electron chi connectivity index (χ3n) is 3.77. The number of aryl methyl sites for hydroxylation is 1. The minimum absolute atomic E-state index is 0. The Bertz CT molecular complexity index is 619. The van der Waals surface area contributed by atoms with Crippen molar-refractivity contribution in [2.45, 2.75) is 32.7 Å².